The van der Waals surface area contributed by atoms with E-state index in [0.717, 1.165) is 10.5 Å². The number of carbonyl (C=O) groups excluding carboxylic acids is 2. The van der Waals surface area contributed by atoms with E-state index in [4.69, 9.17) is 0 Å². The molecule has 1 atom stereocenters. The predicted molar refractivity (Wildman–Crippen MR) is 112 cm³/mol. The van der Waals surface area contributed by atoms with E-state index in [-0.39, 0.29) is 17.9 Å². The van der Waals surface area contributed by atoms with Crippen molar-refractivity contribution in [2.75, 3.05) is 5.75 Å². The van der Waals surface area contributed by atoms with E-state index in [0.29, 0.717) is 12.3 Å². The van der Waals surface area contributed by atoms with Crippen LogP contribution in [0.5, 0.6) is 0 Å². The maximum atomic E-state index is 12.9. The molecule has 0 aromatic heterocycles. The van der Waals surface area contributed by atoms with Crippen molar-refractivity contribution in [3.63, 3.8) is 0 Å². The first-order valence-electron chi connectivity index (χ1n) is 9.20. The fraction of sp³-hybridized carbons (Fsp3) is 0.364. The molecule has 0 fully saturated rings. The molecule has 0 spiro atoms. The number of carbonyl (C=O) groups is 2. The second-order valence-electron chi connectivity index (χ2n) is 6.95. The van der Waals surface area contributed by atoms with Gasteiger partial charge in [0.25, 0.3) is 0 Å². The molecule has 0 saturated heterocycles. The van der Waals surface area contributed by atoms with Crippen LogP contribution in [0.1, 0.15) is 31.9 Å². The number of amides is 2. The molecule has 2 aromatic rings. The Morgan fingerprint density at radius 1 is 1.00 bits per heavy atom. The van der Waals surface area contributed by atoms with Crippen LogP contribution in [0.4, 0.5) is 0 Å². The molecule has 4 nitrogen and oxygen atoms in total. The zero-order chi connectivity index (χ0) is 19.8. The molecule has 5 heteroatoms. The molecule has 0 bridgehead atoms. The third-order valence-electron chi connectivity index (χ3n) is 4.18. The van der Waals surface area contributed by atoms with E-state index in [1.54, 1.807) is 11.8 Å². The molecular weight excluding hydrogens is 356 g/mol. The Balaban J connectivity index is 2.10. The van der Waals surface area contributed by atoms with E-state index in [2.05, 4.69) is 5.32 Å². The highest BCUT2D eigenvalue weighted by Gasteiger charge is 2.26. The quantitative estimate of drug-likeness (QED) is 0.699. The number of aryl methyl sites for hydroxylation is 1. The standard InChI is InChI=1S/C22H28N2O2S/c1-16(2)23-22(26)18(4)24(14-19-8-6-5-7-9-19)21(25)15-27-20-12-10-17(3)11-13-20/h5-13,16,18H,14-15H2,1-4H3,(H,23,26)/t18-/m1/s1. The predicted octanol–water partition coefficient (Wildman–Crippen LogP) is 4.03. The summed E-state index contributed by atoms with van der Waals surface area (Å²) in [5.41, 5.74) is 2.20. The van der Waals surface area contributed by atoms with Crippen LogP contribution in [0.25, 0.3) is 0 Å². The molecule has 0 radical (unpaired) electrons. The molecule has 0 unspecified atom stereocenters. The summed E-state index contributed by atoms with van der Waals surface area (Å²) in [6.45, 7) is 8.08. The topological polar surface area (TPSA) is 49.4 Å². The largest absolute Gasteiger partial charge is 0.352 e. The fourth-order valence-corrected chi connectivity index (χ4v) is 3.41. The van der Waals surface area contributed by atoms with Gasteiger partial charge in [-0.2, -0.15) is 0 Å². The van der Waals surface area contributed by atoms with Crippen molar-refractivity contribution >= 4 is 23.6 Å². The van der Waals surface area contributed by atoms with E-state index < -0.39 is 6.04 Å². The van der Waals surface area contributed by atoms with Gasteiger partial charge in [-0.05, 0) is 45.4 Å². The van der Waals surface area contributed by atoms with Crippen molar-refractivity contribution in [3.8, 4) is 0 Å². The van der Waals surface area contributed by atoms with Gasteiger partial charge >= 0.3 is 0 Å². The van der Waals surface area contributed by atoms with Gasteiger partial charge in [-0.25, -0.2) is 0 Å². The highest BCUT2D eigenvalue weighted by atomic mass is 32.2. The molecule has 2 aromatic carbocycles. The fourth-order valence-electron chi connectivity index (χ4n) is 2.63. The van der Waals surface area contributed by atoms with Crippen molar-refractivity contribution in [2.24, 2.45) is 0 Å². The first-order chi connectivity index (χ1) is 12.9. The molecule has 144 valence electrons. The second-order valence-corrected chi connectivity index (χ2v) is 8.00. The molecule has 0 aliphatic heterocycles. The van der Waals surface area contributed by atoms with Gasteiger partial charge < -0.3 is 10.2 Å². The molecule has 2 rings (SSSR count). The highest BCUT2D eigenvalue weighted by molar-refractivity contribution is 8.00. The van der Waals surface area contributed by atoms with Gasteiger partial charge in [0.1, 0.15) is 6.04 Å². The molecule has 2 amide bonds. The molecular formula is C22H28N2O2S. The number of rotatable bonds is 8. The lowest BCUT2D eigenvalue weighted by Crippen LogP contribution is -2.49. The zero-order valence-electron chi connectivity index (χ0n) is 16.4. The van der Waals surface area contributed by atoms with E-state index in [1.165, 1.54) is 17.3 Å². The summed E-state index contributed by atoms with van der Waals surface area (Å²) in [4.78, 5) is 28.1. The Bertz CT molecular complexity index is 745. The van der Waals surface area contributed by atoms with Crippen molar-refractivity contribution < 1.29 is 9.59 Å². The first kappa shape index (κ1) is 21.0. The maximum absolute atomic E-state index is 12.9. The number of hydrogen-bond acceptors (Lipinski definition) is 3. The van der Waals surface area contributed by atoms with E-state index in [1.807, 2.05) is 75.4 Å². The number of thioether (sulfide) groups is 1. The van der Waals surface area contributed by atoms with Crippen LogP contribution in [0.2, 0.25) is 0 Å². The van der Waals surface area contributed by atoms with Crippen molar-refractivity contribution in [2.45, 2.75) is 51.2 Å². The monoisotopic (exact) mass is 384 g/mol. The van der Waals surface area contributed by atoms with Crippen molar-refractivity contribution in [1.29, 1.82) is 0 Å². The lowest BCUT2D eigenvalue weighted by atomic mass is 10.1. The number of nitrogens with one attached hydrogen (secondary N) is 1. The third kappa shape index (κ3) is 6.75. The Labute approximate surface area is 166 Å². The average molecular weight is 385 g/mol. The van der Waals surface area contributed by atoms with Crippen molar-refractivity contribution in [3.05, 3.63) is 65.7 Å². The van der Waals surface area contributed by atoms with Crippen LogP contribution in [-0.4, -0.2) is 34.6 Å². The maximum Gasteiger partial charge on any atom is 0.242 e. The number of hydrogen-bond donors (Lipinski definition) is 1. The van der Waals surface area contributed by atoms with Gasteiger partial charge in [0, 0.05) is 17.5 Å². The van der Waals surface area contributed by atoms with Gasteiger partial charge in [0.15, 0.2) is 0 Å². The highest BCUT2D eigenvalue weighted by Crippen LogP contribution is 2.20. The first-order valence-corrected chi connectivity index (χ1v) is 10.2. The van der Waals surface area contributed by atoms with Crippen molar-refractivity contribution in [1.82, 2.24) is 10.2 Å². The summed E-state index contributed by atoms with van der Waals surface area (Å²) in [6.07, 6.45) is 0. The summed E-state index contributed by atoms with van der Waals surface area (Å²) in [7, 11) is 0. The van der Waals surface area contributed by atoms with Crippen LogP contribution in [0.15, 0.2) is 59.5 Å². The molecule has 0 heterocycles. The SMILES string of the molecule is Cc1ccc(SCC(=O)N(Cc2ccccc2)[C@H](C)C(=O)NC(C)C)cc1. The number of benzene rings is 2. The normalized spacial score (nSPS) is 11.9. The van der Waals surface area contributed by atoms with Gasteiger partial charge in [-0.15, -0.1) is 11.8 Å². The van der Waals surface area contributed by atoms with Crippen LogP contribution >= 0.6 is 11.8 Å². The van der Waals surface area contributed by atoms with Gasteiger partial charge in [-0.1, -0.05) is 48.0 Å². The van der Waals surface area contributed by atoms with Crippen LogP contribution in [-0.2, 0) is 16.1 Å². The zero-order valence-corrected chi connectivity index (χ0v) is 17.3. The molecule has 0 saturated carbocycles. The molecule has 0 aliphatic carbocycles. The smallest absolute Gasteiger partial charge is 0.242 e. The summed E-state index contributed by atoms with van der Waals surface area (Å²) in [5, 5.41) is 2.90. The summed E-state index contributed by atoms with van der Waals surface area (Å²) in [6, 6.07) is 17.4. The Morgan fingerprint density at radius 2 is 1.63 bits per heavy atom. The van der Waals surface area contributed by atoms with Gasteiger partial charge in [-0.3, -0.25) is 9.59 Å². The lowest BCUT2D eigenvalue weighted by molar-refractivity contribution is -0.138. The number of nitrogens with zero attached hydrogens (tertiary/aromatic N) is 1. The average Bonchev–Trinajstić information content (AvgIpc) is 2.65. The molecule has 0 aliphatic rings. The second kappa shape index (κ2) is 10.2. The third-order valence-corrected chi connectivity index (χ3v) is 5.17. The summed E-state index contributed by atoms with van der Waals surface area (Å²) in [5.74, 6) is 0.125. The Hall–Kier alpha value is -2.27. The minimum atomic E-state index is -0.529. The van der Waals surface area contributed by atoms with Crippen LogP contribution in [0, 0.1) is 6.92 Å². The van der Waals surface area contributed by atoms with Crippen LogP contribution < -0.4 is 5.32 Å². The Morgan fingerprint density at radius 3 is 2.22 bits per heavy atom. The van der Waals surface area contributed by atoms with Gasteiger partial charge in [0.05, 0.1) is 5.75 Å². The summed E-state index contributed by atoms with van der Waals surface area (Å²) >= 11 is 1.50. The van der Waals surface area contributed by atoms with Crippen LogP contribution in [0.3, 0.4) is 0 Å². The van der Waals surface area contributed by atoms with Gasteiger partial charge in [0.2, 0.25) is 11.8 Å². The minimum Gasteiger partial charge on any atom is -0.352 e. The summed E-state index contributed by atoms with van der Waals surface area (Å²) < 4.78 is 0. The van der Waals surface area contributed by atoms with E-state index in [9.17, 15) is 9.59 Å². The minimum absolute atomic E-state index is 0.0376. The Kier molecular flexibility index (Phi) is 7.92. The molecule has 1 N–H and O–H groups in total. The lowest BCUT2D eigenvalue weighted by Gasteiger charge is -2.29. The molecule has 27 heavy (non-hydrogen) atoms. The van der Waals surface area contributed by atoms with E-state index >= 15 is 0 Å².